The zero-order chi connectivity index (χ0) is 10.4. The maximum atomic E-state index is 10.7. The number of aldehydes is 1. The largest absolute Gasteiger partial charge is 0.508 e. The number of benzene rings is 1. The van der Waals surface area contributed by atoms with E-state index in [1.54, 1.807) is 12.1 Å². The van der Waals surface area contributed by atoms with Crippen molar-refractivity contribution >= 4 is 12.4 Å². The minimum Gasteiger partial charge on any atom is -0.508 e. The minimum absolute atomic E-state index is 0.109. The maximum Gasteiger partial charge on any atom is 0.150 e. The first-order valence-electron chi connectivity index (χ1n) is 4.37. The number of hydrogen-bond donors (Lipinski definition) is 2. The number of nitrogens with one attached hydrogen (secondary N) is 1. The van der Waals surface area contributed by atoms with Gasteiger partial charge in [0.05, 0.1) is 0 Å². The fraction of sp³-hybridized carbons (Fsp3) is 0.182. The first kappa shape index (κ1) is 10.5. The van der Waals surface area contributed by atoms with Gasteiger partial charge >= 0.3 is 0 Å². The molecule has 2 N–H and O–H groups in total. The number of aromatic hydroxyl groups is 1. The molecule has 0 spiro atoms. The van der Waals surface area contributed by atoms with E-state index in [9.17, 15) is 4.79 Å². The smallest absolute Gasteiger partial charge is 0.150 e. The molecule has 74 valence electrons. The molecule has 0 unspecified atom stereocenters. The Labute approximate surface area is 83.1 Å². The van der Waals surface area contributed by atoms with Gasteiger partial charge in [-0.2, -0.15) is 0 Å². The molecule has 14 heavy (non-hydrogen) atoms. The van der Waals surface area contributed by atoms with Gasteiger partial charge in [-0.15, -0.1) is 0 Å². The quantitative estimate of drug-likeness (QED) is 0.708. The molecule has 1 aromatic carbocycles. The highest BCUT2D eigenvalue weighted by Gasteiger charge is 1.98. The van der Waals surface area contributed by atoms with Crippen molar-refractivity contribution in [2.24, 2.45) is 0 Å². The van der Waals surface area contributed by atoms with Crippen molar-refractivity contribution in [1.82, 2.24) is 5.32 Å². The lowest BCUT2D eigenvalue weighted by Crippen LogP contribution is -2.03. The Morgan fingerprint density at radius 3 is 2.86 bits per heavy atom. The summed E-state index contributed by atoms with van der Waals surface area (Å²) in [5.74, 6) is 0.109. The average molecular weight is 191 g/mol. The molecule has 0 aliphatic heterocycles. The van der Waals surface area contributed by atoms with Crippen LogP contribution in [0.15, 0.2) is 24.3 Å². The second-order valence-electron chi connectivity index (χ2n) is 2.89. The SMILES string of the molecule is CNCC=Cc1ccc(O)cc1C=O. The van der Waals surface area contributed by atoms with E-state index in [-0.39, 0.29) is 5.75 Å². The van der Waals surface area contributed by atoms with Gasteiger partial charge in [0, 0.05) is 12.1 Å². The summed E-state index contributed by atoms with van der Waals surface area (Å²) >= 11 is 0. The zero-order valence-corrected chi connectivity index (χ0v) is 8.03. The molecule has 1 rings (SSSR count). The molecule has 1 aromatic rings. The molecule has 0 amide bonds. The van der Waals surface area contributed by atoms with Gasteiger partial charge in [-0.25, -0.2) is 0 Å². The molecule has 0 radical (unpaired) electrons. The van der Waals surface area contributed by atoms with Crippen molar-refractivity contribution in [3.05, 3.63) is 35.4 Å². The summed E-state index contributed by atoms with van der Waals surface area (Å²) in [5.41, 5.74) is 1.31. The van der Waals surface area contributed by atoms with E-state index in [0.29, 0.717) is 5.56 Å². The highest BCUT2D eigenvalue weighted by Crippen LogP contribution is 2.16. The molecule has 0 aliphatic rings. The summed E-state index contributed by atoms with van der Waals surface area (Å²) in [6.45, 7) is 0.749. The lowest BCUT2D eigenvalue weighted by molar-refractivity contribution is 0.112. The second-order valence-corrected chi connectivity index (χ2v) is 2.89. The maximum absolute atomic E-state index is 10.7. The van der Waals surface area contributed by atoms with Gasteiger partial charge in [-0.05, 0) is 24.7 Å². The van der Waals surface area contributed by atoms with Gasteiger partial charge in [0.15, 0.2) is 6.29 Å². The Morgan fingerprint density at radius 1 is 1.43 bits per heavy atom. The van der Waals surface area contributed by atoms with Crippen molar-refractivity contribution in [2.45, 2.75) is 0 Å². The van der Waals surface area contributed by atoms with Crippen LogP contribution < -0.4 is 5.32 Å². The van der Waals surface area contributed by atoms with Crippen LogP contribution in [-0.2, 0) is 0 Å². The third-order valence-corrected chi connectivity index (χ3v) is 1.82. The molecule has 0 aliphatic carbocycles. The number of hydrogen-bond acceptors (Lipinski definition) is 3. The standard InChI is InChI=1S/C11H13NO2/c1-12-6-2-3-9-4-5-11(14)7-10(9)8-13/h2-5,7-8,12,14H,6H2,1H3. The topological polar surface area (TPSA) is 49.3 Å². The van der Waals surface area contributed by atoms with Crippen LogP contribution in [0.3, 0.4) is 0 Å². The van der Waals surface area contributed by atoms with Gasteiger partial charge in [0.2, 0.25) is 0 Å². The van der Waals surface area contributed by atoms with Crippen molar-refractivity contribution in [3.63, 3.8) is 0 Å². The highest BCUT2D eigenvalue weighted by atomic mass is 16.3. The summed E-state index contributed by atoms with van der Waals surface area (Å²) in [6, 6.07) is 4.73. The van der Waals surface area contributed by atoms with Gasteiger partial charge in [0.25, 0.3) is 0 Å². The molecule has 3 nitrogen and oxygen atoms in total. The van der Waals surface area contributed by atoms with E-state index in [1.807, 2.05) is 19.2 Å². The monoisotopic (exact) mass is 191 g/mol. The molecular weight excluding hydrogens is 178 g/mol. The van der Waals surface area contributed by atoms with Crippen LogP contribution in [-0.4, -0.2) is 25.0 Å². The molecule has 0 saturated carbocycles. The van der Waals surface area contributed by atoms with E-state index in [1.165, 1.54) is 6.07 Å². The van der Waals surface area contributed by atoms with Crippen LogP contribution in [0, 0.1) is 0 Å². The van der Waals surface area contributed by atoms with Crippen molar-refractivity contribution < 1.29 is 9.90 Å². The third kappa shape index (κ3) is 2.71. The van der Waals surface area contributed by atoms with Gasteiger partial charge < -0.3 is 10.4 Å². The first-order chi connectivity index (χ1) is 6.77. The van der Waals surface area contributed by atoms with Crippen LogP contribution in [0.25, 0.3) is 6.08 Å². The van der Waals surface area contributed by atoms with E-state index >= 15 is 0 Å². The van der Waals surface area contributed by atoms with Crippen molar-refractivity contribution in [1.29, 1.82) is 0 Å². The second kappa shape index (κ2) is 5.19. The molecule has 0 heterocycles. The molecule has 0 bridgehead atoms. The van der Waals surface area contributed by atoms with E-state index in [2.05, 4.69) is 5.32 Å². The zero-order valence-electron chi connectivity index (χ0n) is 8.03. The van der Waals surface area contributed by atoms with Crippen LogP contribution in [0.4, 0.5) is 0 Å². The Hall–Kier alpha value is -1.61. The van der Waals surface area contributed by atoms with Crippen molar-refractivity contribution in [2.75, 3.05) is 13.6 Å². The number of rotatable bonds is 4. The normalized spacial score (nSPS) is 10.6. The van der Waals surface area contributed by atoms with Gasteiger partial charge in [-0.3, -0.25) is 4.79 Å². The fourth-order valence-corrected chi connectivity index (χ4v) is 1.12. The Morgan fingerprint density at radius 2 is 2.21 bits per heavy atom. The Balaban J connectivity index is 2.90. The summed E-state index contributed by atoms with van der Waals surface area (Å²) < 4.78 is 0. The third-order valence-electron chi connectivity index (χ3n) is 1.82. The van der Waals surface area contributed by atoms with Gasteiger partial charge in [-0.1, -0.05) is 18.2 Å². The summed E-state index contributed by atoms with van der Waals surface area (Å²) in [6.07, 6.45) is 4.50. The first-order valence-corrected chi connectivity index (χ1v) is 4.37. The highest BCUT2D eigenvalue weighted by molar-refractivity contribution is 5.82. The molecule has 0 aromatic heterocycles. The molecular formula is C11H13NO2. The molecule has 0 saturated heterocycles. The fourth-order valence-electron chi connectivity index (χ4n) is 1.12. The number of carbonyl (C=O) groups is 1. The van der Waals surface area contributed by atoms with E-state index in [4.69, 9.17) is 5.11 Å². The van der Waals surface area contributed by atoms with Gasteiger partial charge in [0.1, 0.15) is 5.75 Å². The number of carbonyl (C=O) groups excluding carboxylic acids is 1. The number of phenols is 1. The van der Waals surface area contributed by atoms with Crippen LogP contribution in [0.2, 0.25) is 0 Å². The average Bonchev–Trinajstić information content (AvgIpc) is 2.20. The Bertz CT molecular complexity index is 345. The number of likely N-dealkylation sites (N-methyl/N-ethyl adjacent to an activating group) is 1. The summed E-state index contributed by atoms with van der Waals surface area (Å²) in [5, 5.41) is 12.1. The lowest BCUT2D eigenvalue weighted by Gasteiger charge is -1.99. The number of phenolic OH excluding ortho intramolecular Hbond substituents is 1. The molecule has 0 atom stereocenters. The Kier molecular flexibility index (Phi) is 3.88. The van der Waals surface area contributed by atoms with Crippen molar-refractivity contribution in [3.8, 4) is 5.75 Å². The molecule has 0 fully saturated rings. The van der Waals surface area contributed by atoms with Crippen LogP contribution in [0.5, 0.6) is 5.75 Å². The van der Waals surface area contributed by atoms with E-state index in [0.717, 1.165) is 18.4 Å². The van der Waals surface area contributed by atoms with Crippen LogP contribution >= 0.6 is 0 Å². The summed E-state index contributed by atoms with van der Waals surface area (Å²) in [4.78, 5) is 10.7. The lowest BCUT2D eigenvalue weighted by atomic mass is 10.1. The predicted molar refractivity (Wildman–Crippen MR) is 56.5 cm³/mol. The van der Waals surface area contributed by atoms with E-state index < -0.39 is 0 Å². The summed E-state index contributed by atoms with van der Waals surface area (Å²) in [7, 11) is 1.85. The minimum atomic E-state index is 0.109. The molecule has 3 heteroatoms. The predicted octanol–water partition coefficient (Wildman–Crippen LogP) is 1.44. The van der Waals surface area contributed by atoms with Crippen LogP contribution in [0.1, 0.15) is 15.9 Å².